The van der Waals surface area contributed by atoms with Gasteiger partial charge in [-0.3, -0.25) is 0 Å². The Morgan fingerprint density at radius 1 is 1.07 bits per heavy atom. The molecule has 0 aromatic carbocycles. The zero-order valence-corrected chi connectivity index (χ0v) is 9.30. The Labute approximate surface area is 87.2 Å². The lowest BCUT2D eigenvalue weighted by Gasteiger charge is -2.44. The molecule has 0 radical (unpaired) electrons. The third-order valence-electron chi connectivity index (χ3n) is 4.33. The van der Waals surface area contributed by atoms with Gasteiger partial charge in [-0.15, -0.1) is 0 Å². The first-order valence-electron chi connectivity index (χ1n) is 6.09. The number of rotatable bonds is 2. The number of nitrogens with two attached hydrogens (primary N) is 1. The van der Waals surface area contributed by atoms with Gasteiger partial charge in [0.15, 0.2) is 0 Å². The summed E-state index contributed by atoms with van der Waals surface area (Å²) in [5, 5.41) is 0. The summed E-state index contributed by atoms with van der Waals surface area (Å²) in [5.74, 6) is 0.729. The average Bonchev–Trinajstić information content (AvgIpc) is 2.72. The minimum atomic E-state index is 0.00347. The van der Waals surface area contributed by atoms with E-state index in [0.717, 1.165) is 5.92 Å². The predicted molar refractivity (Wildman–Crippen MR) is 58.1 cm³/mol. The fourth-order valence-electron chi connectivity index (χ4n) is 3.46. The van der Waals surface area contributed by atoms with Crippen LogP contribution in [0.3, 0.4) is 0 Å². The number of methoxy groups -OCH3 is 1. The lowest BCUT2D eigenvalue weighted by atomic mass is 9.70. The van der Waals surface area contributed by atoms with E-state index >= 15 is 0 Å². The van der Waals surface area contributed by atoms with Crippen molar-refractivity contribution in [1.29, 1.82) is 0 Å². The summed E-state index contributed by atoms with van der Waals surface area (Å²) in [5.41, 5.74) is 6.60. The first-order valence-corrected chi connectivity index (χ1v) is 6.09. The van der Waals surface area contributed by atoms with Crippen molar-refractivity contribution in [3.05, 3.63) is 0 Å². The Morgan fingerprint density at radius 3 is 2.36 bits per heavy atom. The van der Waals surface area contributed by atoms with Crippen molar-refractivity contribution < 1.29 is 4.74 Å². The van der Waals surface area contributed by atoms with Crippen molar-refractivity contribution in [2.75, 3.05) is 7.11 Å². The van der Waals surface area contributed by atoms with Gasteiger partial charge in [0.25, 0.3) is 0 Å². The van der Waals surface area contributed by atoms with Crippen LogP contribution in [-0.2, 0) is 4.74 Å². The molecule has 2 saturated carbocycles. The molecule has 0 saturated heterocycles. The van der Waals surface area contributed by atoms with Crippen LogP contribution in [0.2, 0.25) is 0 Å². The Kier molecular flexibility index (Phi) is 3.13. The highest BCUT2D eigenvalue weighted by atomic mass is 16.5. The van der Waals surface area contributed by atoms with Crippen LogP contribution in [-0.4, -0.2) is 18.8 Å². The third kappa shape index (κ3) is 1.70. The van der Waals surface area contributed by atoms with Gasteiger partial charge < -0.3 is 10.5 Å². The molecule has 0 heterocycles. The van der Waals surface area contributed by atoms with Gasteiger partial charge in [0.2, 0.25) is 0 Å². The summed E-state index contributed by atoms with van der Waals surface area (Å²) < 4.78 is 5.59. The first kappa shape index (κ1) is 10.4. The first-order chi connectivity index (χ1) is 6.77. The van der Waals surface area contributed by atoms with Crippen molar-refractivity contribution in [3.8, 4) is 0 Å². The second-order valence-electron chi connectivity index (χ2n) is 5.06. The lowest BCUT2D eigenvalue weighted by Crippen LogP contribution is -2.58. The molecule has 82 valence electrons. The molecule has 2 unspecified atom stereocenters. The second kappa shape index (κ2) is 4.19. The maximum absolute atomic E-state index is 6.59. The molecular weight excluding hydrogens is 174 g/mol. The number of hydrogen-bond acceptors (Lipinski definition) is 2. The monoisotopic (exact) mass is 197 g/mol. The molecule has 2 nitrogen and oxygen atoms in total. The van der Waals surface area contributed by atoms with E-state index in [-0.39, 0.29) is 5.54 Å². The van der Waals surface area contributed by atoms with Crippen LogP contribution in [0, 0.1) is 5.92 Å². The molecule has 2 atom stereocenters. The van der Waals surface area contributed by atoms with Gasteiger partial charge in [0.1, 0.15) is 0 Å². The number of hydrogen-bond donors (Lipinski definition) is 1. The molecule has 0 aliphatic heterocycles. The highest BCUT2D eigenvalue weighted by molar-refractivity contribution is 5.01. The molecule has 0 bridgehead atoms. The van der Waals surface area contributed by atoms with Crippen LogP contribution in [0.5, 0.6) is 0 Å². The molecule has 2 fully saturated rings. The van der Waals surface area contributed by atoms with Crippen molar-refractivity contribution in [1.82, 2.24) is 0 Å². The number of ether oxygens (including phenoxy) is 1. The van der Waals surface area contributed by atoms with Crippen molar-refractivity contribution in [3.63, 3.8) is 0 Å². The Bertz CT molecular complexity index is 185. The normalized spacial score (nSPS) is 40.3. The molecule has 0 amide bonds. The zero-order chi connectivity index (χ0) is 10.0. The van der Waals surface area contributed by atoms with Gasteiger partial charge in [0, 0.05) is 12.6 Å². The Morgan fingerprint density at radius 2 is 1.71 bits per heavy atom. The van der Waals surface area contributed by atoms with Crippen LogP contribution in [0.1, 0.15) is 51.4 Å². The van der Waals surface area contributed by atoms with Crippen LogP contribution in [0.4, 0.5) is 0 Å². The summed E-state index contributed by atoms with van der Waals surface area (Å²) in [4.78, 5) is 0. The summed E-state index contributed by atoms with van der Waals surface area (Å²) in [7, 11) is 1.83. The van der Waals surface area contributed by atoms with Crippen molar-refractivity contribution in [2.45, 2.75) is 63.0 Å². The van der Waals surface area contributed by atoms with E-state index in [0.29, 0.717) is 6.10 Å². The van der Waals surface area contributed by atoms with E-state index in [1.165, 1.54) is 51.4 Å². The molecule has 0 aromatic rings. The molecule has 0 spiro atoms. The third-order valence-corrected chi connectivity index (χ3v) is 4.33. The van der Waals surface area contributed by atoms with E-state index in [1.807, 2.05) is 7.11 Å². The van der Waals surface area contributed by atoms with E-state index in [9.17, 15) is 0 Å². The van der Waals surface area contributed by atoms with E-state index in [2.05, 4.69) is 0 Å². The van der Waals surface area contributed by atoms with E-state index in [1.54, 1.807) is 0 Å². The molecule has 2 N–H and O–H groups in total. The fourth-order valence-corrected chi connectivity index (χ4v) is 3.46. The van der Waals surface area contributed by atoms with E-state index in [4.69, 9.17) is 10.5 Å². The van der Waals surface area contributed by atoms with Crippen molar-refractivity contribution >= 4 is 0 Å². The van der Waals surface area contributed by atoms with Crippen LogP contribution in [0.15, 0.2) is 0 Å². The topological polar surface area (TPSA) is 35.2 Å². The molecule has 0 aromatic heterocycles. The van der Waals surface area contributed by atoms with Gasteiger partial charge in [-0.05, 0) is 31.6 Å². The smallest absolute Gasteiger partial charge is 0.0753 e. The minimum Gasteiger partial charge on any atom is -0.380 e. The SMILES string of the molecule is COC1CCCCC1(N)C1CCCC1. The fraction of sp³-hybridized carbons (Fsp3) is 1.00. The standard InChI is InChI=1S/C12H23NO/c1-14-11-8-4-5-9-12(11,13)10-6-2-3-7-10/h10-11H,2-9,13H2,1H3. The van der Waals surface area contributed by atoms with Crippen LogP contribution >= 0.6 is 0 Å². The highest BCUT2D eigenvalue weighted by Gasteiger charge is 2.44. The maximum atomic E-state index is 6.59. The second-order valence-corrected chi connectivity index (χ2v) is 5.06. The van der Waals surface area contributed by atoms with Gasteiger partial charge in [-0.1, -0.05) is 25.7 Å². The molecule has 2 heteroatoms. The van der Waals surface area contributed by atoms with Gasteiger partial charge in [-0.25, -0.2) is 0 Å². The van der Waals surface area contributed by atoms with E-state index < -0.39 is 0 Å². The quantitative estimate of drug-likeness (QED) is 0.738. The maximum Gasteiger partial charge on any atom is 0.0753 e. The molecule has 2 rings (SSSR count). The zero-order valence-electron chi connectivity index (χ0n) is 9.30. The average molecular weight is 197 g/mol. The molecule has 2 aliphatic rings. The predicted octanol–water partition coefficient (Wildman–Crippen LogP) is 2.46. The molecule has 2 aliphatic carbocycles. The minimum absolute atomic E-state index is 0.00347. The molecular formula is C12H23NO. The molecule has 14 heavy (non-hydrogen) atoms. The summed E-state index contributed by atoms with van der Waals surface area (Å²) in [6, 6.07) is 0. The Hall–Kier alpha value is -0.0800. The highest BCUT2D eigenvalue weighted by Crippen LogP contribution is 2.41. The van der Waals surface area contributed by atoms with Gasteiger partial charge in [0.05, 0.1) is 6.10 Å². The van der Waals surface area contributed by atoms with Gasteiger partial charge in [-0.2, -0.15) is 0 Å². The Balaban J connectivity index is 2.08. The summed E-state index contributed by atoms with van der Waals surface area (Å²) >= 11 is 0. The lowest BCUT2D eigenvalue weighted by molar-refractivity contribution is -0.0204. The summed E-state index contributed by atoms with van der Waals surface area (Å²) in [6.07, 6.45) is 10.7. The summed E-state index contributed by atoms with van der Waals surface area (Å²) in [6.45, 7) is 0. The van der Waals surface area contributed by atoms with Gasteiger partial charge >= 0.3 is 0 Å². The van der Waals surface area contributed by atoms with Crippen molar-refractivity contribution in [2.24, 2.45) is 11.7 Å². The largest absolute Gasteiger partial charge is 0.380 e. The van der Waals surface area contributed by atoms with Crippen LogP contribution in [0.25, 0.3) is 0 Å². The van der Waals surface area contributed by atoms with Crippen LogP contribution < -0.4 is 5.73 Å².